The highest BCUT2D eigenvalue weighted by Crippen LogP contribution is 2.20. The molecule has 25 heavy (non-hydrogen) atoms. The van der Waals surface area contributed by atoms with E-state index in [-0.39, 0.29) is 24.2 Å². The van der Waals surface area contributed by atoms with Gasteiger partial charge in [0.15, 0.2) is 5.76 Å². The number of hydrogen-bond donors (Lipinski definition) is 2. The SMILES string of the molecule is Cc1ccc(OCc2ccc(C(=O)N[C@@H]3CCCNC3=O)o2)c(C)c1. The summed E-state index contributed by atoms with van der Waals surface area (Å²) in [6.45, 7) is 4.91. The van der Waals surface area contributed by atoms with E-state index in [1.165, 1.54) is 5.56 Å². The van der Waals surface area contributed by atoms with Crippen LogP contribution >= 0.6 is 0 Å². The Kier molecular flexibility index (Phi) is 5.07. The number of carbonyl (C=O) groups excluding carboxylic acids is 2. The topological polar surface area (TPSA) is 80.6 Å². The lowest BCUT2D eigenvalue weighted by Gasteiger charge is -2.22. The fourth-order valence-corrected chi connectivity index (χ4v) is 2.83. The summed E-state index contributed by atoms with van der Waals surface area (Å²) in [5, 5.41) is 5.44. The molecule has 3 rings (SSSR count). The molecule has 0 radical (unpaired) electrons. The molecule has 6 nitrogen and oxygen atoms in total. The van der Waals surface area contributed by atoms with Crippen molar-refractivity contribution in [1.29, 1.82) is 0 Å². The van der Waals surface area contributed by atoms with Crippen molar-refractivity contribution >= 4 is 11.8 Å². The molecule has 132 valence electrons. The van der Waals surface area contributed by atoms with Crippen LogP contribution in [0, 0.1) is 13.8 Å². The van der Waals surface area contributed by atoms with Crippen molar-refractivity contribution in [3.63, 3.8) is 0 Å². The van der Waals surface area contributed by atoms with Gasteiger partial charge in [0, 0.05) is 6.54 Å². The van der Waals surface area contributed by atoms with Gasteiger partial charge in [-0.1, -0.05) is 17.7 Å². The van der Waals surface area contributed by atoms with Crippen LogP contribution in [0.4, 0.5) is 0 Å². The van der Waals surface area contributed by atoms with Crippen LogP contribution in [0.1, 0.15) is 40.3 Å². The van der Waals surface area contributed by atoms with Crippen molar-refractivity contribution in [2.24, 2.45) is 0 Å². The van der Waals surface area contributed by atoms with Crippen molar-refractivity contribution < 1.29 is 18.7 Å². The first-order valence-electron chi connectivity index (χ1n) is 8.40. The Hall–Kier alpha value is -2.76. The minimum Gasteiger partial charge on any atom is -0.485 e. The fourth-order valence-electron chi connectivity index (χ4n) is 2.83. The third-order valence-electron chi connectivity index (χ3n) is 4.18. The molecule has 1 aromatic heterocycles. The van der Waals surface area contributed by atoms with Gasteiger partial charge in [0.25, 0.3) is 5.91 Å². The number of ether oxygens (including phenoxy) is 1. The van der Waals surface area contributed by atoms with Crippen LogP contribution in [0.15, 0.2) is 34.7 Å². The Morgan fingerprint density at radius 3 is 2.92 bits per heavy atom. The molecule has 0 spiro atoms. The van der Waals surface area contributed by atoms with Crippen molar-refractivity contribution in [1.82, 2.24) is 10.6 Å². The lowest BCUT2D eigenvalue weighted by molar-refractivity contribution is -0.124. The Morgan fingerprint density at radius 1 is 1.32 bits per heavy atom. The van der Waals surface area contributed by atoms with Crippen molar-refractivity contribution in [3.05, 3.63) is 53.0 Å². The normalized spacial score (nSPS) is 17.0. The fraction of sp³-hybridized carbons (Fsp3) is 0.368. The van der Waals surface area contributed by atoms with Gasteiger partial charge in [0.05, 0.1) is 0 Å². The number of amides is 2. The van der Waals surface area contributed by atoms with E-state index >= 15 is 0 Å². The maximum Gasteiger partial charge on any atom is 0.287 e. The van der Waals surface area contributed by atoms with E-state index in [0.29, 0.717) is 18.7 Å². The van der Waals surface area contributed by atoms with Crippen LogP contribution in [0.25, 0.3) is 0 Å². The van der Waals surface area contributed by atoms with Gasteiger partial charge in [-0.25, -0.2) is 0 Å². The standard InChI is InChI=1S/C19H22N2O4/c1-12-5-7-16(13(2)10-12)24-11-14-6-8-17(25-14)19(23)21-15-4-3-9-20-18(15)22/h5-8,10,15H,3-4,9,11H2,1-2H3,(H,20,22)(H,21,23)/t15-/m1/s1. The number of furan rings is 1. The Labute approximate surface area is 146 Å². The van der Waals surface area contributed by atoms with Gasteiger partial charge in [-0.15, -0.1) is 0 Å². The summed E-state index contributed by atoms with van der Waals surface area (Å²) in [7, 11) is 0. The quantitative estimate of drug-likeness (QED) is 0.875. The molecular weight excluding hydrogens is 320 g/mol. The van der Waals surface area contributed by atoms with Crippen molar-refractivity contribution in [3.8, 4) is 5.75 Å². The van der Waals surface area contributed by atoms with Gasteiger partial charge in [-0.3, -0.25) is 9.59 Å². The zero-order valence-electron chi connectivity index (χ0n) is 14.4. The van der Waals surface area contributed by atoms with Crippen LogP contribution < -0.4 is 15.4 Å². The van der Waals surface area contributed by atoms with E-state index in [4.69, 9.17) is 9.15 Å². The van der Waals surface area contributed by atoms with Gasteiger partial charge in [-0.05, 0) is 50.5 Å². The average Bonchev–Trinajstić information content (AvgIpc) is 3.05. The van der Waals surface area contributed by atoms with Crippen molar-refractivity contribution in [2.45, 2.75) is 39.3 Å². The first-order valence-corrected chi connectivity index (χ1v) is 8.40. The third-order valence-corrected chi connectivity index (χ3v) is 4.18. The summed E-state index contributed by atoms with van der Waals surface area (Å²) in [6.07, 6.45) is 1.49. The zero-order chi connectivity index (χ0) is 17.8. The van der Waals surface area contributed by atoms with Crippen LogP contribution in [-0.4, -0.2) is 24.4 Å². The first-order chi connectivity index (χ1) is 12.0. The van der Waals surface area contributed by atoms with Gasteiger partial charge < -0.3 is 19.8 Å². The van der Waals surface area contributed by atoms with Crippen LogP contribution in [-0.2, 0) is 11.4 Å². The molecule has 6 heteroatoms. The molecule has 1 atom stereocenters. The molecule has 0 bridgehead atoms. The molecule has 2 heterocycles. The largest absolute Gasteiger partial charge is 0.485 e. The van der Waals surface area contributed by atoms with Gasteiger partial charge in [-0.2, -0.15) is 0 Å². The highest BCUT2D eigenvalue weighted by atomic mass is 16.5. The number of hydrogen-bond acceptors (Lipinski definition) is 4. The highest BCUT2D eigenvalue weighted by molar-refractivity contribution is 5.95. The number of piperidine rings is 1. The monoisotopic (exact) mass is 342 g/mol. The Bertz CT molecular complexity index is 781. The summed E-state index contributed by atoms with van der Waals surface area (Å²) in [5.74, 6) is 0.979. The Balaban J connectivity index is 1.58. The lowest BCUT2D eigenvalue weighted by Crippen LogP contribution is -2.50. The third kappa shape index (κ3) is 4.21. The minimum absolute atomic E-state index is 0.149. The lowest BCUT2D eigenvalue weighted by atomic mass is 10.1. The summed E-state index contributed by atoms with van der Waals surface area (Å²) < 4.78 is 11.3. The molecule has 2 N–H and O–H groups in total. The first kappa shape index (κ1) is 17.1. The number of benzene rings is 1. The number of carbonyl (C=O) groups is 2. The molecule has 0 aliphatic carbocycles. The number of nitrogens with one attached hydrogen (secondary N) is 2. The molecule has 2 aromatic rings. The molecule has 1 aromatic carbocycles. The average molecular weight is 342 g/mol. The molecule has 2 amide bonds. The summed E-state index contributed by atoms with van der Waals surface area (Å²) in [4.78, 5) is 23.9. The van der Waals surface area contributed by atoms with E-state index in [1.54, 1.807) is 12.1 Å². The van der Waals surface area contributed by atoms with E-state index in [1.807, 2.05) is 32.0 Å². The highest BCUT2D eigenvalue weighted by Gasteiger charge is 2.25. The molecular formula is C19H22N2O4. The number of aryl methyl sites for hydroxylation is 2. The Morgan fingerprint density at radius 2 is 2.16 bits per heavy atom. The van der Waals surface area contributed by atoms with Gasteiger partial charge in [0.2, 0.25) is 5.91 Å². The molecule has 0 saturated carbocycles. The van der Waals surface area contributed by atoms with Crippen LogP contribution in [0.5, 0.6) is 5.75 Å². The van der Waals surface area contributed by atoms with E-state index < -0.39 is 6.04 Å². The zero-order valence-corrected chi connectivity index (χ0v) is 14.4. The summed E-state index contributed by atoms with van der Waals surface area (Å²) >= 11 is 0. The number of rotatable bonds is 5. The molecule has 1 aliphatic heterocycles. The second kappa shape index (κ2) is 7.42. The van der Waals surface area contributed by atoms with Gasteiger partial charge >= 0.3 is 0 Å². The van der Waals surface area contributed by atoms with E-state index in [9.17, 15) is 9.59 Å². The predicted octanol–water partition coefficient (Wildman–Crippen LogP) is 2.48. The maximum atomic E-state index is 12.2. The van der Waals surface area contributed by atoms with Crippen molar-refractivity contribution in [2.75, 3.05) is 6.54 Å². The molecule has 1 saturated heterocycles. The molecule has 0 unspecified atom stereocenters. The van der Waals surface area contributed by atoms with Gasteiger partial charge in [0.1, 0.15) is 24.2 Å². The summed E-state index contributed by atoms with van der Waals surface area (Å²) in [6, 6.07) is 8.75. The molecule has 1 fully saturated rings. The summed E-state index contributed by atoms with van der Waals surface area (Å²) in [5.41, 5.74) is 2.22. The van der Waals surface area contributed by atoms with E-state index in [2.05, 4.69) is 10.6 Å². The minimum atomic E-state index is -0.499. The second-order valence-electron chi connectivity index (χ2n) is 6.28. The molecule has 1 aliphatic rings. The smallest absolute Gasteiger partial charge is 0.287 e. The predicted molar refractivity (Wildman–Crippen MR) is 92.5 cm³/mol. The second-order valence-corrected chi connectivity index (χ2v) is 6.28. The van der Waals surface area contributed by atoms with Crippen LogP contribution in [0.2, 0.25) is 0 Å². The van der Waals surface area contributed by atoms with Crippen LogP contribution in [0.3, 0.4) is 0 Å². The maximum absolute atomic E-state index is 12.2. The van der Waals surface area contributed by atoms with E-state index in [0.717, 1.165) is 17.7 Å².